The van der Waals surface area contributed by atoms with Crippen molar-refractivity contribution in [2.24, 2.45) is 11.5 Å². The quantitative estimate of drug-likeness (QED) is 0.844. The van der Waals surface area contributed by atoms with Gasteiger partial charge in [-0.1, -0.05) is 30.3 Å². The highest BCUT2D eigenvalue weighted by Gasteiger charge is 2.25. The van der Waals surface area contributed by atoms with Gasteiger partial charge in [-0.25, -0.2) is 0 Å². The van der Waals surface area contributed by atoms with Gasteiger partial charge in [-0.05, 0) is 12.5 Å². The van der Waals surface area contributed by atoms with Gasteiger partial charge in [-0.3, -0.25) is 4.79 Å². The van der Waals surface area contributed by atoms with Gasteiger partial charge < -0.3 is 11.5 Å². The van der Waals surface area contributed by atoms with Crippen LogP contribution in [0, 0.1) is 0 Å². The molecule has 0 spiro atoms. The predicted molar refractivity (Wildman–Crippen MR) is 71.6 cm³/mol. The summed E-state index contributed by atoms with van der Waals surface area (Å²) in [5, 5.41) is 0. The Balaban J connectivity index is 0.00000225. The van der Waals surface area contributed by atoms with Crippen LogP contribution in [0.5, 0.6) is 0 Å². The molecule has 1 atom stereocenters. The zero-order chi connectivity index (χ0) is 11.3. The average molecular weight is 261 g/mol. The van der Waals surface area contributed by atoms with E-state index in [4.69, 9.17) is 11.5 Å². The lowest BCUT2D eigenvalue weighted by atomic mass is 10.1. The summed E-state index contributed by atoms with van der Waals surface area (Å²) in [6, 6.07) is 10.1. The standard InChI is InChI=1S/C11H16N2OS.ClH/c1-11(13,10(12)14)8-15-7-9-5-3-2-4-6-9;/h2-6H,7-8,13H2,1H3,(H2,12,14);1H. The topological polar surface area (TPSA) is 69.1 Å². The van der Waals surface area contributed by atoms with Gasteiger partial charge >= 0.3 is 0 Å². The number of rotatable bonds is 5. The first kappa shape index (κ1) is 15.3. The van der Waals surface area contributed by atoms with Crippen molar-refractivity contribution in [2.45, 2.75) is 18.2 Å². The fourth-order valence-electron chi connectivity index (χ4n) is 1.03. The summed E-state index contributed by atoms with van der Waals surface area (Å²) in [7, 11) is 0. The molecule has 0 heterocycles. The van der Waals surface area contributed by atoms with Crippen molar-refractivity contribution in [1.82, 2.24) is 0 Å². The van der Waals surface area contributed by atoms with E-state index in [1.807, 2.05) is 30.3 Å². The Morgan fingerprint density at radius 3 is 2.44 bits per heavy atom. The monoisotopic (exact) mass is 260 g/mol. The molecule has 16 heavy (non-hydrogen) atoms. The van der Waals surface area contributed by atoms with Gasteiger partial charge in [0.1, 0.15) is 5.54 Å². The van der Waals surface area contributed by atoms with Crippen LogP contribution in [-0.4, -0.2) is 17.2 Å². The summed E-state index contributed by atoms with van der Waals surface area (Å²) >= 11 is 1.62. The summed E-state index contributed by atoms with van der Waals surface area (Å²) in [5.41, 5.74) is 11.2. The highest BCUT2D eigenvalue weighted by Crippen LogP contribution is 2.16. The minimum absolute atomic E-state index is 0. The molecule has 1 rings (SSSR count). The van der Waals surface area contributed by atoms with Crippen LogP contribution in [0.4, 0.5) is 0 Å². The van der Waals surface area contributed by atoms with Crippen LogP contribution >= 0.6 is 24.2 Å². The smallest absolute Gasteiger partial charge is 0.238 e. The van der Waals surface area contributed by atoms with Crippen molar-refractivity contribution in [3.05, 3.63) is 35.9 Å². The second kappa shape index (κ2) is 6.78. The highest BCUT2D eigenvalue weighted by atomic mass is 35.5. The molecule has 5 heteroatoms. The highest BCUT2D eigenvalue weighted by molar-refractivity contribution is 7.98. The van der Waals surface area contributed by atoms with Crippen molar-refractivity contribution >= 4 is 30.1 Å². The summed E-state index contributed by atoms with van der Waals surface area (Å²) in [6.45, 7) is 1.66. The predicted octanol–water partition coefficient (Wildman–Crippen LogP) is 1.54. The fraction of sp³-hybridized carbons (Fsp3) is 0.364. The number of carbonyl (C=O) groups is 1. The summed E-state index contributed by atoms with van der Waals surface area (Å²) in [4.78, 5) is 10.9. The van der Waals surface area contributed by atoms with E-state index in [2.05, 4.69) is 0 Å². The molecule has 1 aromatic carbocycles. The van der Waals surface area contributed by atoms with Crippen LogP contribution < -0.4 is 11.5 Å². The number of benzene rings is 1. The number of hydrogen-bond acceptors (Lipinski definition) is 3. The van der Waals surface area contributed by atoms with Crippen LogP contribution in [-0.2, 0) is 10.5 Å². The van der Waals surface area contributed by atoms with Crippen LogP contribution in [0.3, 0.4) is 0 Å². The van der Waals surface area contributed by atoms with E-state index in [0.29, 0.717) is 5.75 Å². The minimum Gasteiger partial charge on any atom is -0.368 e. The number of halogens is 1. The van der Waals surface area contributed by atoms with E-state index in [-0.39, 0.29) is 12.4 Å². The van der Waals surface area contributed by atoms with Gasteiger partial charge in [0.15, 0.2) is 0 Å². The molecule has 4 N–H and O–H groups in total. The zero-order valence-electron chi connectivity index (χ0n) is 9.18. The normalized spacial score (nSPS) is 13.6. The second-order valence-electron chi connectivity index (χ2n) is 3.76. The third-order valence-corrected chi connectivity index (χ3v) is 3.42. The van der Waals surface area contributed by atoms with Gasteiger partial charge in [0, 0.05) is 11.5 Å². The first-order valence-corrected chi connectivity index (χ1v) is 5.88. The van der Waals surface area contributed by atoms with Gasteiger partial charge in [0.05, 0.1) is 0 Å². The number of hydrogen-bond donors (Lipinski definition) is 2. The van der Waals surface area contributed by atoms with E-state index in [1.165, 1.54) is 5.56 Å². The van der Waals surface area contributed by atoms with Gasteiger partial charge in [0.2, 0.25) is 5.91 Å². The van der Waals surface area contributed by atoms with E-state index in [1.54, 1.807) is 18.7 Å². The molecule has 1 amide bonds. The number of nitrogens with two attached hydrogens (primary N) is 2. The summed E-state index contributed by atoms with van der Waals surface area (Å²) < 4.78 is 0. The van der Waals surface area contributed by atoms with E-state index >= 15 is 0 Å². The molecule has 0 radical (unpaired) electrons. The van der Waals surface area contributed by atoms with Crippen molar-refractivity contribution < 1.29 is 4.79 Å². The van der Waals surface area contributed by atoms with Gasteiger partial charge in [-0.15, -0.1) is 12.4 Å². The van der Waals surface area contributed by atoms with E-state index in [9.17, 15) is 4.79 Å². The van der Waals surface area contributed by atoms with E-state index in [0.717, 1.165) is 5.75 Å². The lowest BCUT2D eigenvalue weighted by Gasteiger charge is -2.19. The Hall–Kier alpha value is -0.710. The lowest BCUT2D eigenvalue weighted by Crippen LogP contribution is -2.51. The first-order valence-electron chi connectivity index (χ1n) is 4.73. The van der Waals surface area contributed by atoms with Gasteiger partial charge in [-0.2, -0.15) is 11.8 Å². The third kappa shape index (κ3) is 4.88. The molecule has 0 saturated heterocycles. The summed E-state index contributed by atoms with van der Waals surface area (Å²) in [5.74, 6) is 0.932. The SMILES string of the molecule is CC(N)(CSCc1ccccc1)C(N)=O.Cl. The molecule has 0 aliphatic carbocycles. The molecular formula is C11H17ClN2OS. The fourth-order valence-corrected chi connectivity index (χ4v) is 2.12. The molecule has 0 aliphatic heterocycles. The van der Waals surface area contributed by atoms with Gasteiger partial charge in [0.25, 0.3) is 0 Å². The molecular weight excluding hydrogens is 244 g/mol. The molecule has 0 bridgehead atoms. The van der Waals surface area contributed by atoms with E-state index < -0.39 is 11.4 Å². The molecule has 0 saturated carbocycles. The summed E-state index contributed by atoms with van der Waals surface area (Å²) in [6.07, 6.45) is 0. The number of carbonyl (C=O) groups excluding carboxylic acids is 1. The van der Waals surface area contributed by atoms with Crippen molar-refractivity contribution in [1.29, 1.82) is 0 Å². The second-order valence-corrected chi connectivity index (χ2v) is 4.75. The number of thioether (sulfide) groups is 1. The number of amides is 1. The largest absolute Gasteiger partial charge is 0.368 e. The zero-order valence-corrected chi connectivity index (χ0v) is 10.8. The maximum atomic E-state index is 10.9. The lowest BCUT2D eigenvalue weighted by molar-refractivity contribution is -0.121. The average Bonchev–Trinajstić information content (AvgIpc) is 2.19. The number of primary amides is 1. The van der Waals surface area contributed by atoms with Crippen molar-refractivity contribution in [3.8, 4) is 0 Å². The van der Waals surface area contributed by atoms with Crippen LogP contribution in [0.1, 0.15) is 12.5 Å². The van der Waals surface area contributed by atoms with Crippen molar-refractivity contribution in [2.75, 3.05) is 5.75 Å². The molecule has 90 valence electrons. The molecule has 0 fully saturated rings. The first-order chi connectivity index (χ1) is 7.02. The van der Waals surface area contributed by atoms with Crippen molar-refractivity contribution in [3.63, 3.8) is 0 Å². The third-order valence-electron chi connectivity index (χ3n) is 2.08. The van der Waals surface area contributed by atoms with Crippen LogP contribution in [0.15, 0.2) is 30.3 Å². The molecule has 1 aromatic rings. The maximum Gasteiger partial charge on any atom is 0.238 e. The Bertz CT molecular complexity index is 330. The van der Waals surface area contributed by atoms with Crippen LogP contribution in [0.2, 0.25) is 0 Å². The molecule has 0 aromatic heterocycles. The Labute approximate surface area is 106 Å². The molecule has 0 aliphatic rings. The molecule has 3 nitrogen and oxygen atoms in total. The Morgan fingerprint density at radius 1 is 1.38 bits per heavy atom. The maximum absolute atomic E-state index is 10.9. The molecule has 1 unspecified atom stereocenters. The van der Waals surface area contributed by atoms with Crippen LogP contribution in [0.25, 0.3) is 0 Å². The minimum atomic E-state index is -0.917. The Morgan fingerprint density at radius 2 is 1.94 bits per heavy atom. The Kier molecular flexibility index (Phi) is 6.48.